The van der Waals surface area contributed by atoms with Gasteiger partial charge < -0.3 is 10.5 Å². The average Bonchev–Trinajstić information content (AvgIpc) is 3.38. The number of ether oxygens (including phenoxy) is 1. The Balaban J connectivity index is 1.57. The summed E-state index contributed by atoms with van der Waals surface area (Å²) >= 11 is 0. The molecule has 0 spiro atoms. The first-order valence-electron chi connectivity index (χ1n) is 9.64. The molecule has 1 saturated heterocycles. The summed E-state index contributed by atoms with van der Waals surface area (Å²) in [6, 6.07) is 17.5. The van der Waals surface area contributed by atoms with Crippen LogP contribution >= 0.6 is 0 Å². The van der Waals surface area contributed by atoms with E-state index in [1.54, 1.807) is 12.1 Å². The fraction of sp³-hybridized carbons (Fsp3) is 0.318. The largest absolute Gasteiger partial charge is 0.381 e. The van der Waals surface area contributed by atoms with Crippen LogP contribution in [0.5, 0.6) is 0 Å². The lowest BCUT2D eigenvalue weighted by Gasteiger charge is -2.09. The van der Waals surface area contributed by atoms with Gasteiger partial charge in [0.05, 0.1) is 0 Å². The van der Waals surface area contributed by atoms with Crippen LogP contribution in [0.3, 0.4) is 0 Å². The summed E-state index contributed by atoms with van der Waals surface area (Å²) in [5.41, 5.74) is 7.97. The molecular weight excluding hydrogens is 352 g/mol. The van der Waals surface area contributed by atoms with Crippen LogP contribution in [0.15, 0.2) is 54.6 Å². The molecule has 1 amide bonds. The SMILES string of the molecule is NC(=O)c1ccc(-c2nc(C[C@H]3CCOC3)n(CCc3ccccc3)n2)cc1. The quantitative estimate of drug-likeness (QED) is 0.687. The number of carbonyl (C=O) groups is 1. The van der Waals surface area contributed by atoms with Crippen molar-refractivity contribution in [3.05, 3.63) is 71.5 Å². The number of primary amides is 1. The Hall–Kier alpha value is -2.99. The van der Waals surface area contributed by atoms with Gasteiger partial charge in [-0.2, -0.15) is 5.10 Å². The highest BCUT2D eigenvalue weighted by Gasteiger charge is 2.21. The van der Waals surface area contributed by atoms with Gasteiger partial charge in [-0.3, -0.25) is 4.79 Å². The van der Waals surface area contributed by atoms with Gasteiger partial charge in [0.1, 0.15) is 5.82 Å². The summed E-state index contributed by atoms with van der Waals surface area (Å²) < 4.78 is 7.54. The topological polar surface area (TPSA) is 83.0 Å². The number of hydrogen-bond donors (Lipinski definition) is 1. The standard InChI is InChI=1S/C22H24N4O2/c23-21(27)18-6-8-19(9-7-18)22-24-20(14-17-11-13-28-15-17)26(25-22)12-10-16-4-2-1-3-5-16/h1-9,17H,10-15H2,(H2,23,27)/t17-/m1/s1. The first-order valence-corrected chi connectivity index (χ1v) is 9.64. The number of hydrogen-bond acceptors (Lipinski definition) is 4. The molecule has 1 aliphatic rings. The molecule has 0 radical (unpaired) electrons. The number of amides is 1. The van der Waals surface area contributed by atoms with Crippen LogP contribution in [0.1, 0.15) is 28.2 Å². The van der Waals surface area contributed by atoms with Crippen molar-refractivity contribution in [3.8, 4) is 11.4 Å². The lowest BCUT2D eigenvalue weighted by atomic mass is 10.0. The summed E-state index contributed by atoms with van der Waals surface area (Å²) in [5, 5.41) is 4.76. The van der Waals surface area contributed by atoms with Crippen LogP contribution in [0.25, 0.3) is 11.4 Å². The van der Waals surface area contributed by atoms with Crippen molar-refractivity contribution in [2.45, 2.75) is 25.8 Å². The summed E-state index contributed by atoms with van der Waals surface area (Å²) in [4.78, 5) is 16.1. The van der Waals surface area contributed by atoms with E-state index in [-0.39, 0.29) is 0 Å². The van der Waals surface area contributed by atoms with E-state index < -0.39 is 5.91 Å². The second-order valence-corrected chi connectivity index (χ2v) is 7.19. The summed E-state index contributed by atoms with van der Waals surface area (Å²) in [7, 11) is 0. The van der Waals surface area contributed by atoms with Crippen LogP contribution in [0, 0.1) is 5.92 Å². The number of nitrogens with zero attached hydrogens (tertiary/aromatic N) is 3. The minimum absolute atomic E-state index is 0.435. The van der Waals surface area contributed by atoms with E-state index in [2.05, 4.69) is 24.3 Å². The molecular formula is C22H24N4O2. The van der Waals surface area contributed by atoms with Crippen LogP contribution < -0.4 is 5.73 Å². The van der Waals surface area contributed by atoms with Gasteiger partial charge >= 0.3 is 0 Å². The second kappa shape index (κ2) is 8.35. The minimum atomic E-state index is -0.435. The normalized spacial score (nSPS) is 16.4. The van der Waals surface area contributed by atoms with Gasteiger partial charge in [0.25, 0.3) is 0 Å². The molecule has 1 aliphatic heterocycles. The molecule has 4 rings (SSSR count). The highest BCUT2D eigenvalue weighted by molar-refractivity contribution is 5.93. The predicted octanol–water partition coefficient (Wildman–Crippen LogP) is 2.87. The number of carbonyl (C=O) groups excluding carboxylic acids is 1. The molecule has 0 aliphatic carbocycles. The predicted molar refractivity (Wildman–Crippen MR) is 107 cm³/mol. The van der Waals surface area contributed by atoms with E-state index in [4.69, 9.17) is 20.6 Å². The number of benzene rings is 2. The lowest BCUT2D eigenvalue weighted by molar-refractivity contribution is 0.100. The number of aromatic nitrogens is 3. The van der Waals surface area contributed by atoms with E-state index >= 15 is 0 Å². The van der Waals surface area contributed by atoms with Gasteiger partial charge in [-0.15, -0.1) is 0 Å². The molecule has 2 N–H and O–H groups in total. The summed E-state index contributed by atoms with van der Waals surface area (Å²) in [5.74, 6) is 1.72. The first kappa shape index (κ1) is 18.4. The zero-order valence-corrected chi connectivity index (χ0v) is 15.8. The Morgan fingerprint density at radius 3 is 2.61 bits per heavy atom. The van der Waals surface area contributed by atoms with Gasteiger partial charge in [0, 0.05) is 37.3 Å². The zero-order chi connectivity index (χ0) is 19.3. The highest BCUT2D eigenvalue weighted by atomic mass is 16.5. The van der Waals surface area contributed by atoms with Crippen molar-refractivity contribution >= 4 is 5.91 Å². The van der Waals surface area contributed by atoms with Crippen molar-refractivity contribution in [1.82, 2.24) is 14.8 Å². The number of nitrogens with two attached hydrogens (primary N) is 1. The fourth-order valence-electron chi connectivity index (χ4n) is 3.49. The molecule has 0 bridgehead atoms. The Morgan fingerprint density at radius 2 is 1.93 bits per heavy atom. The Kier molecular flexibility index (Phi) is 5.48. The van der Waals surface area contributed by atoms with Crippen LogP contribution in [0.2, 0.25) is 0 Å². The third-order valence-electron chi connectivity index (χ3n) is 5.13. The van der Waals surface area contributed by atoms with E-state index in [0.29, 0.717) is 17.3 Å². The summed E-state index contributed by atoms with van der Waals surface area (Å²) in [6.45, 7) is 2.39. The monoisotopic (exact) mass is 376 g/mol. The fourth-order valence-corrected chi connectivity index (χ4v) is 3.49. The molecule has 1 fully saturated rings. The third-order valence-corrected chi connectivity index (χ3v) is 5.13. The van der Waals surface area contributed by atoms with E-state index in [0.717, 1.165) is 50.4 Å². The van der Waals surface area contributed by atoms with Gasteiger partial charge in [0.2, 0.25) is 5.91 Å². The maximum atomic E-state index is 11.3. The molecule has 0 saturated carbocycles. The Bertz CT molecular complexity index is 929. The third kappa shape index (κ3) is 4.28. The van der Waals surface area contributed by atoms with Crippen molar-refractivity contribution < 1.29 is 9.53 Å². The maximum absolute atomic E-state index is 11.3. The van der Waals surface area contributed by atoms with Crippen molar-refractivity contribution in [3.63, 3.8) is 0 Å². The number of rotatable bonds is 7. The van der Waals surface area contributed by atoms with Crippen molar-refractivity contribution in [2.75, 3.05) is 13.2 Å². The minimum Gasteiger partial charge on any atom is -0.381 e. The molecule has 2 aromatic carbocycles. The van der Waals surface area contributed by atoms with E-state index in [1.165, 1.54) is 5.56 Å². The first-order chi connectivity index (χ1) is 13.7. The van der Waals surface area contributed by atoms with Crippen molar-refractivity contribution in [2.24, 2.45) is 11.7 Å². The molecule has 2 heterocycles. The van der Waals surface area contributed by atoms with Crippen molar-refractivity contribution in [1.29, 1.82) is 0 Å². The second-order valence-electron chi connectivity index (χ2n) is 7.19. The van der Waals surface area contributed by atoms with Gasteiger partial charge in [-0.1, -0.05) is 42.5 Å². The van der Waals surface area contributed by atoms with Crippen LogP contribution in [-0.2, 0) is 24.1 Å². The average molecular weight is 376 g/mol. The smallest absolute Gasteiger partial charge is 0.248 e. The molecule has 1 aromatic heterocycles. The molecule has 3 aromatic rings. The Morgan fingerprint density at radius 1 is 1.14 bits per heavy atom. The Labute approximate surface area is 164 Å². The van der Waals surface area contributed by atoms with Gasteiger partial charge in [0.15, 0.2) is 5.82 Å². The molecule has 1 atom stereocenters. The summed E-state index contributed by atoms with van der Waals surface area (Å²) in [6.07, 6.45) is 2.83. The molecule has 0 unspecified atom stereocenters. The van der Waals surface area contributed by atoms with E-state index in [1.807, 2.05) is 22.9 Å². The molecule has 28 heavy (non-hydrogen) atoms. The maximum Gasteiger partial charge on any atom is 0.248 e. The van der Waals surface area contributed by atoms with Gasteiger partial charge in [-0.25, -0.2) is 9.67 Å². The van der Waals surface area contributed by atoms with Crippen LogP contribution in [0.4, 0.5) is 0 Å². The van der Waals surface area contributed by atoms with E-state index in [9.17, 15) is 4.79 Å². The highest BCUT2D eigenvalue weighted by Crippen LogP contribution is 2.21. The van der Waals surface area contributed by atoms with Crippen LogP contribution in [-0.4, -0.2) is 33.9 Å². The zero-order valence-electron chi connectivity index (χ0n) is 15.8. The molecule has 6 nitrogen and oxygen atoms in total. The number of aryl methyl sites for hydroxylation is 2. The molecule has 6 heteroatoms. The molecule has 144 valence electrons. The lowest BCUT2D eigenvalue weighted by Crippen LogP contribution is -2.13. The van der Waals surface area contributed by atoms with Gasteiger partial charge in [-0.05, 0) is 36.5 Å².